The zero-order valence-electron chi connectivity index (χ0n) is 9.05. The van der Waals surface area contributed by atoms with Crippen molar-refractivity contribution in [1.29, 1.82) is 0 Å². The maximum Gasteiger partial charge on any atom is 0.132 e. The van der Waals surface area contributed by atoms with Crippen molar-refractivity contribution in [3.63, 3.8) is 0 Å². The van der Waals surface area contributed by atoms with Crippen LogP contribution in [0, 0.1) is 11.8 Å². The normalized spacial score (nSPS) is 29.2. The van der Waals surface area contributed by atoms with Gasteiger partial charge in [0.05, 0.1) is 0 Å². The third kappa shape index (κ3) is 3.47. The second-order valence-electron chi connectivity index (χ2n) is 4.59. The molecular weight excluding hydrogens is 162 g/mol. The molecule has 0 aliphatic heterocycles. The molecule has 0 atom stereocenters. The predicted octanol–water partition coefficient (Wildman–Crippen LogP) is 1.94. The highest BCUT2D eigenvalue weighted by Gasteiger charge is 2.23. The summed E-state index contributed by atoms with van der Waals surface area (Å²) < 4.78 is 0. The number of hydrogen-bond acceptors (Lipinski definition) is 2. The number of Topliss-reactive ketones (excluding diaryl/α,β-unsaturated/α-hetero) is 1. The van der Waals surface area contributed by atoms with Gasteiger partial charge in [-0.3, -0.25) is 4.79 Å². The van der Waals surface area contributed by atoms with Gasteiger partial charge in [-0.05, 0) is 52.6 Å². The van der Waals surface area contributed by atoms with Crippen molar-refractivity contribution in [3.05, 3.63) is 0 Å². The van der Waals surface area contributed by atoms with Crippen LogP contribution in [0.25, 0.3) is 0 Å². The lowest BCUT2D eigenvalue weighted by Crippen LogP contribution is -2.27. The minimum Gasteiger partial charge on any atom is -0.309 e. The molecule has 2 nitrogen and oxygen atoms in total. The molecule has 0 amide bonds. The van der Waals surface area contributed by atoms with E-state index in [0.29, 0.717) is 11.7 Å². The second kappa shape index (κ2) is 4.75. The maximum atomic E-state index is 11.1. The molecule has 1 rings (SSSR count). The SMILES string of the molecule is CC(=O)C1CCC(CN(C)C)CC1. The summed E-state index contributed by atoms with van der Waals surface area (Å²) in [7, 11) is 4.24. The molecule has 1 aliphatic rings. The van der Waals surface area contributed by atoms with Crippen LogP contribution in [0.4, 0.5) is 0 Å². The molecule has 0 heterocycles. The molecule has 13 heavy (non-hydrogen) atoms. The van der Waals surface area contributed by atoms with Crippen LogP contribution in [-0.4, -0.2) is 31.3 Å². The first-order valence-corrected chi connectivity index (χ1v) is 5.24. The molecular formula is C11H21NO. The Balaban J connectivity index is 2.26. The van der Waals surface area contributed by atoms with Crippen LogP contribution in [-0.2, 0) is 4.79 Å². The first-order chi connectivity index (χ1) is 6.09. The molecule has 0 saturated heterocycles. The Labute approximate surface area is 81.3 Å². The molecule has 1 fully saturated rings. The van der Waals surface area contributed by atoms with Crippen molar-refractivity contribution in [3.8, 4) is 0 Å². The fourth-order valence-electron chi connectivity index (χ4n) is 2.27. The fourth-order valence-corrected chi connectivity index (χ4v) is 2.27. The third-order valence-corrected chi connectivity index (χ3v) is 3.05. The minimum absolute atomic E-state index is 0.374. The Kier molecular flexibility index (Phi) is 3.91. The third-order valence-electron chi connectivity index (χ3n) is 3.05. The van der Waals surface area contributed by atoms with E-state index in [9.17, 15) is 4.79 Å². The van der Waals surface area contributed by atoms with Crippen molar-refractivity contribution in [2.24, 2.45) is 11.8 Å². The van der Waals surface area contributed by atoms with Crippen LogP contribution in [0.3, 0.4) is 0 Å². The lowest BCUT2D eigenvalue weighted by atomic mass is 9.80. The summed E-state index contributed by atoms with van der Waals surface area (Å²) in [6.07, 6.45) is 4.71. The Morgan fingerprint density at radius 2 is 1.77 bits per heavy atom. The van der Waals surface area contributed by atoms with Crippen molar-refractivity contribution in [2.75, 3.05) is 20.6 Å². The average molecular weight is 183 g/mol. The molecule has 2 heteroatoms. The molecule has 0 radical (unpaired) electrons. The van der Waals surface area contributed by atoms with E-state index in [0.717, 1.165) is 18.8 Å². The van der Waals surface area contributed by atoms with Crippen molar-refractivity contribution in [2.45, 2.75) is 32.6 Å². The summed E-state index contributed by atoms with van der Waals surface area (Å²) in [5.41, 5.74) is 0. The van der Waals surface area contributed by atoms with Gasteiger partial charge < -0.3 is 4.90 Å². The lowest BCUT2D eigenvalue weighted by molar-refractivity contribution is -0.121. The molecule has 1 aliphatic carbocycles. The zero-order chi connectivity index (χ0) is 9.84. The molecule has 0 N–H and O–H groups in total. The van der Waals surface area contributed by atoms with Crippen LogP contribution in [0.1, 0.15) is 32.6 Å². The van der Waals surface area contributed by atoms with E-state index >= 15 is 0 Å². The van der Waals surface area contributed by atoms with Gasteiger partial charge in [-0.25, -0.2) is 0 Å². The topological polar surface area (TPSA) is 20.3 Å². The summed E-state index contributed by atoms with van der Waals surface area (Å²) in [5.74, 6) is 1.59. The number of carbonyl (C=O) groups is 1. The average Bonchev–Trinajstić information content (AvgIpc) is 2.04. The van der Waals surface area contributed by atoms with E-state index in [1.807, 2.05) is 0 Å². The van der Waals surface area contributed by atoms with E-state index in [2.05, 4.69) is 19.0 Å². The Hall–Kier alpha value is -0.370. The van der Waals surface area contributed by atoms with Crippen LogP contribution < -0.4 is 0 Å². The van der Waals surface area contributed by atoms with Crippen molar-refractivity contribution < 1.29 is 4.79 Å². The smallest absolute Gasteiger partial charge is 0.132 e. The van der Waals surface area contributed by atoms with E-state index in [1.54, 1.807) is 6.92 Å². The minimum atomic E-state index is 0.374. The van der Waals surface area contributed by atoms with Gasteiger partial charge in [0.1, 0.15) is 5.78 Å². The second-order valence-corrected chi connectivity index (χ2v) is 4.59. The summed E-state index contributed by atoms with van der Waals surface area (Å²) in [5, 5.41) is 0. The van der Waals surface area contributed by atoms with Gasteiger partial charge in [0.15, 0.2) is 0 Å². The van der Waals surface area contributed by atoms with Gasteiger partial charge in [-0.1, -0.05) is 0 Å². The Bertz CT molecular complexity index is 169. The maximum absolute atomic E-state index is 11.1. The van der Waals surface area contributed by atoms with E-state index < -0.39 is 0 Å². The summed E-state index contributed by atoms with van der Waals surface area (Å²) in [6.45, 7) is 2.92. The number of carbonyl (C=O) groups excluding carboxylic acids is 1. The monoisotopic (exact) mass is 183 g/mol. The van der Waals surface area contributed by atoms with Gasteiger partial charge in [-0.15, -0.1) is 0 Å². The van der Waals surface area contributed by atoms with Crippen LogP contribution in [0.5, 0.6) is 0 Å². The summed E-state index contributed by atoms with van der Waals surface area (Å²) >= 11 is 0. The highest BCUT2D eigenvalue weighted by Crippen LogP contribution is 2.29. The van der Waals surface area contributed by atoms with Crippen molar-refractivity contribution >= 4 is 5.78 Å². The lowest BCUT2D eigenvalue weighted by Gasteiger charge is -2.28. The number of hydrogen-bond donors (Lipinski definition) is 0. The zero-order valence-corrected chi connectivity index (χ0v) is 9.05. The molecule has 0 bridgehead atoms. The van der Waals surface area contributed by atoms with Crippen LogP contribution in [0.15, 0.2) is 0 Å². The van der Waals surface area contributed by atoms with Gasteiger partial charge in [0.2, 0.25) is 0 Å². The van der Waals surface area contributed by atoms with Gasteiger partial charge >= 0.3 is 0 Å². The fraction of sp³-hybridized carbons (Fsp3) is 0.909. The molecule has 0 aromatic heterocycles. The number of rotatable bonds is 3. The van der Waals surface area contributed by atoms with Gasteiger partial charge in [0, 0.05) is 12.5 Å². The molecule has 1 saturated carbocycles. The Morgan fingerprint density at radius 3 is 2.15 bits per heavy atom. The van der Waals surface area contributed by atoms with E-state index in [1.165, 1.54) is 19.4 Å². The largest absolute Gasteiger partial charge is 0.309 e. The molecule has 76 valence electrons. The quantitative estimate of drug-likeness (QED) is 0.666. The summed E-state index contributed by atoms with van der Waals surface area (Å²) in [6, 6.07) is 0. The highest BCUT2D eigenvalue weighted by atomic mass is 16.1. The van der Waals surface area contributed by atoms with E-state index in [-0.39, 0.29) is 0 Å². The Morgan fingerprint density at radius 1 is 1.23 bits per heavy atom. The number of nitrogens with zero attached hydrogens (tertiary/aromatic N) is 1. The molecule has 0 aromatic rings. The standard InChI is InChI=1S/C11H21NO/c1-9(13)11-6-4-10(5-7-11)8-12(2)3/h10-11H,4-8H2,1-3H3. The predicted molar refractivity (Wildman–Crippen MR) is 54.7 cm³/mol. The van der Waals surface area contributed by atoms with Gasteiger partial charge in [0.25, 0.3) is 0 Å². The van der Waals surface area contributed by atoms with Crippen LogP contribution in [0.2, 0.25) is 0 Å². The first kappa shape index (κ1) is 10.7. The van der Waals surface area contributed by atoms with E-state index in [4.69, 9.17) is 0 Å². The molecule has 0 unspecified atom stereocenters. The first-order valence-electron chi connectivity index (χ1n) is 5.24. The molecule has 0 aromatic carbocycles. The van der Waals surface area contributed by atoms with Crippen molar-refractivity contribution in [1.82, 2.24) is 4.90 Å². The van der Waals surface area contributed by atoms with Crippen LogP contribution >= 0.6 is 0 Å². The summed E-state index contributed by atoms with van der Waals surface area (Å²) in [4.78, 5) is 13.4. The number of ketones is 1. The van der Waals surface area contributed by atoms with Gasteiger partial charge in [-0.2, -0.15) is 0 Å². The molecule has 0 spiro atoms. The highest BCUT2D eigenvalue weighted by molar-refractivity contribution is 5.78.